The molecule has 0 aromatic carbocycles. The van der Waals surface area contributed by atoms with Crippen molar-refractivity contribution in [2.45, 2.75) is 94.8 Å². The number of nitrogens with zero attached hydrogens (tertiary/aromatic N) is 1. The maximum Gasteiger partial charge on any atom is 0.0703 e. The minimum Gasteiger partial charge on any atom is -0.396 e. The number of hydrogen-bond donors (Lipinski definition) is 2. The predicted octanol–water partition coefficient (Wildman–Crippen LogP) is 5.22. The number of aliphatic hydroxyl groups excluding tert-OH is 2. The summed E-state index contributed by atoms with van der Waals surface area (Å²) in [4.78, 5) is 0. The molecular formula is C21H37NO2S. The molecule has 0 saturated carbocycles. The van der Waals surface area contributed by atoms with Gasteiger partial charge in [0.05, 0.1) is 12.2 Å². The molecule has 0 bridgehead atoms. The van der Waals surface area contributed by atoms with Crippen molar-refractivity contribution in [3.8, 4) is 6.07 Å². The fraction of sp³-hybridized carbons (Fsp3) is 0.857. The van der Waals surface area contributed by atoms with E-state index in [9.17, 15) is 5.11 Å². The second-order valence-electron chi connectivity index (χ2n) is 7.19. The van der Waals surface area contributed by atoms with Crippen LogP contribution in [-0.4, -0.2) is 33.9 Å². The fourth-order valence-corrected chi connectivity index (χ4v) is 4.95. The largest absolute Gasteiger partial charge is 0.396 e. The van der Waals surface area contributed by atoms with Gasteiger partial charge in [-0.1, -0.05) is 57.1 Å². The minimum absolute atomic E-state index is 0.177. The van der Waals surface area contributed by atoms with Crippen LogP contribution >= 0.6 is 11.8 Å². The van der Waals surface area contributed by atoms with Gasteiger partial charge in [0, 0.05) is 29.9 Å². The third-order valence-corrected chi connectivity index (χ3v) is 6.53. The molecule has 0 spiro atoms. The summed E-state index contributed by atoms with van der Waals surface area (Å²) < 4.78 is 0. The van der Waals surface area contributed by atoms with Crippen LogP contribution in [0.2, 0.25) is 0 Å². The smallest absolute Gasteiger partial charge is 0.0703 e. The first-order chi connectivity index (χ1) is 12.3. The molecule has 25 heavy (non-hydrogen) atoms. The van der Waals surface area contributed by atoms with Crippen molar-refractivity contribution in [1.29, 1.82) is 5.26 Å². The van der Waals surface area contributed by atoms with Gasteiger partial charge in [-0.05, 0) is 32.1 Å². The molecule has 0 aromatic rings. The van der Waals surface area contributed by atoms with Crippen LogP contribution in [-0.2, 0) is 0 Å². The van der Waals surface area contributed by atoms with E-state index < -0.39 is 0 Å². The summed E-state index contributed by atoms with van der Waals surface area (Å²) in [5, 5.41) is 28.1. The van der Waals surface area contributed by atoms with Crippen molar-refractivity contribution in [3.63, 3.8) is 0 Å². The van der Waals surface area contributed by atoms with E-state index in [1.54, 1.807) is 0 Å². The quantitative estimate of drug-likeness (QED) is 0.307. The maximum atomic E-state index is 10.2. The molecule has 1 saturated heterocycles. The Morgan fingerprint density at radius 2 is 1.64 bits per heavy atom. The Bertz CT molecular complexity index is 381. The average Bonchev–Trinajstić information content (AvgIpc) is 2.96. The summed E-state index contributed by atoms with van der Waals surface area (Å²) in [6.07, 6.45) is 19.1. The molecule has 1 fully saturated rings. The monoisotopic (exact) mass is 367 g/mol. The summed E-state index contributed by atoms with van der Waals surface area (Å²) in [7, 11) is 0. The summed E-state index contributed by atoms with van der Waals surface area (Å²) in [6.45, 7) is 0.325. The lowest BCUT2D eigenvalue weighted by molar-refractivity contribution is 0.159. The van der Waals surface area contributed by atoms with Crippen molar-refractivity contribution >= 4 is 11.8 Å². The average molecular weight is 368 g/mol. The number of hydrogen-bond acceptors (Lipinski definition) is 4. The van der Waals surface area contributed by atoms with Crippen molar-refractivity contribution in [2.75, 3.05) is 12.4 Å². The highest BCUT2D eigenvalue weighted by Gasteiger charge is 2.32. The number of aliphatic hydroxyl groups is 2. The minimum atomic E-state index is -0.177. The lowest BCUT2D eigenvalue weighted by atomic mass is 9.94. The Morgan fingerprint density at radius 1 is 0.960 bits per heavy atom. The Labute approximate surface area is 158 Å². The van der Waals surface area contributed by atoms with E-state index in [1.165, 1.54) is 44.9 Å². The molecule has 1 aliphatic rings. The second kappa shape index (κ2) is 15.7. The van der Waals surface area contributed by atoms with E-state index in [-0.39, 0.29) is 6.10 Å². The molecule has 1 heterocycles. The van der Waals surface area contributed by atoms with E-state index in [0.29, 0.717) is 24.2 Å². The first kappa shape index (κ1) is 22.5. The van der Waals surface area contributed by atoms with Crippen LogP contribution in [0.3, 0.4) is 0 Å². The first-order valence-corrected chi connectivity index (χ1v) is 11.3. The number of rotatable bonds is 15. The lowest BCUT2D eigenvalue weighted by Crippen LogP contribution is -2.21. The molecule has 2 N–H and O–H groups in total. The topological polar surface area (TPSA) is 64.2 Å². The van der Waals surface area contributed by atoms with Gasteiger partial charge in [0.25, 0.3) is 0 Å². The van der Waals surface area contributed by atoms with Gasteiger partial charge >= 0.3 is 0 Å². The molecule has 0 radical (unpaired) electrons. The Hall–Kier alpha value is -0.500. The van der Waals surface area contributed by atoms with Crippen LogP contribution < -0.4 is 0 Å². The highest BCUT2D eigenvalue weighted by atomic mass is 32.2. The van der Waals surface area contributed by atoms with E-state index >= 15 is 0 Å². The third kappa shape index (κ3) is 10.9. The zero-order valence-electron chi connectivity index (χ0n) is 15.7. The fourth-order valence-electron chi connectivity index (χ4n) is 3.46. The zero-order valence-corrected chi connectivity index (χ0v) is 16.6. The molecule has 1 aliphatic heterocycles. The normalized spacial score (nSPS) is 23.3. The van der Waals surface area contributed by atoms with E-state index in [2.05, 4.69) is 18.2 Å². The Balaban J connectivity index is 2.11. The number of nitriles is 1. The molecule has 4 heteroatoms. The summed E-state index contributed by atoms with van der Waals surface area (Å²) in [5.74, 6) is 1.20. The molecule has 3 nitrogen and oxygen atoms in total. The zero-order chi connectivity index (χ0) is 18.2. The first-order valence-electron chi connectivity index (χ1n) is 10.2. The molecule has 3 atom stereocenters. The highest BCUT2D eigenvalue weighted by Crippen LogP contribution is 2.37. The van der Waals surface area contributed by atoms with E-state index in [4.69, 9.17) is 10.4 Å². The van der Waals surface area contributed by atoms with Crippen LogP contribution in [0.1, 0.15) is 83.5 Å². The van der Waals surface area contributed by atoms with Crippen molar-refractivity contribution in [3.05, 3.63) is 12.2 Å². The Kier molecular flexibility index (Phi) is 14.2. The van der Waals surface area contributed by atoms with Gasteiger partial charge in [-0.15, -0.1) is 0 Å². The van der Waals surface area contributed by atoms with Crippen LogP contribution in [0.25, 0.3) is 0 Å². The van der Waals surface area contributed by atoms with E-state index in [0.717, 1.165) is 37.9 Å². The molecule has 0 amide bonds. The molecular weight excluding hydrogens is 330 g/mol. The van der Waals surface area contributed by atoms with Crippen molar-refractivity contribution < 1.29 is 10.2 Å². The van der Waals surface area contributed by atoms with Gasteiger partial charge in [-0.25, -0.2) is 0 Å². The van der Waals surface area contributed by atoms with E-state index in [1.807, 2.05) is 11.8 Å². The molecule has 0 unspecified atom stereocenters. The predicted molar refractivity (Wildman–Crippen MR) is 108 cm³/mol. The van der Waals surface area contributed by atoms with Gasteiger partial charge in [-0.3, -0.25) is 0 Å². The second-order valence-corrected chi connectivity index (χ2v) is 8.46. The summed E-state index contributed by atoms with van der Waals surface area (Å²) >= 11 is 1.93. The van der Waals surface area contributed by atoms with Gasteiger partial charge in [0.2, 0.25) is 0 Å². The maximum absolute atomic E-state index is 10.2. The van der Waals surface area contributed by atoms with Gasteiger partial charge in [-0.2, -0.15) is 17.0 Å². The van der Waals surface area contributed by atoms with Crippen LogP contribution in [0.4, 0.5) is 0 Å². The van der Waals surface area contributed by atoms with Gasteiger partial charge in [0.15, 0.2) is 0 Å². The van der Waals surface area contributed by atoms with Crippen LogP contribution in [0.5, 0.6) is 0 Å². The summed E-state index contributed by atoms with van der Waals surface area (Å²) in [5.41, 5.74) is 0. The highest BCUT2D eigenvalue weighted by molar-refractivity contribution is 8.00. The van der Waals surface area contributed by atoms with Gasteiger partial charge < -0.3 is 10.2 Å². The lowest BCUT2D eigenvalue weighted by Gasteiger charge is -2.17. The molecule has 144 valence electrons. The Morgan fingerprint density at radius 3 is 2.40 bits per heavy atom. The van der Waals surface area contributed by atoms with Crippen LogP contribution in [0, 0.1) is 17.2 Å². The SMILES string of the molecule is N#CCCCCCC[C@H]1SC[C@@H](O)[C@H]1C=CCCCCCCCCO. The summed E-state index contributed by atoms with van der Waals surface area (Å²) in [6, 6.07) is 2.21. The number of allylic oxidation sites excluding steroid dienone is 1. The number of thioether (sulfide) groups is 1. The van der Waals surface area contributed by atoms with Crippen molar-refractivity contribution in [1.82, 2.24) is 0 Å². The van der Waals surface area contributed by atoms with Gasteiger partial charge in [0.1, 0.15) is 0 Å². The van der Waals surface area contributed by atoms with Crippen LogP contribution in [0.15, 0.2) is 12.2 Å². The third-order valence-electron chi connectivity index (χ3n) is 5.02. The standard InChI is InChI=1S/C21H37NO2S/c22-16-12-8-5-7-11-15-21-19(20(24)18-25-21)14-10-6-3-1-2-4-9-13-17-23/h10,14,19-21,23-24H,1-9,11-13,15,17-18H2/t19-,20-,21-/m1/s1. The number of unbranched alkanes of at least 4 members (excludes halogenated alkanes) is 10. The molecule has 0 aliphatic carbocycles. The molecule has 0 aromatic heterocycles. The molecule has 1 rings (SSSR count). The van der Waals surface area contributed by atoms with Crippen molar-refractivity contribution in [2.24, 2.45) is 5.92 Å².